The summed E-state index contributed by atoms with van der Waals surface area (Å²) in [5.41, 5.74) is 3.30. The summed E-state index contributed by atoms with van der Waals surface area (Å²) in [6, 6.07) is 5.37. The van der Waals surface area contributed by atoms with E-state index in [0.29, 0.717) is 22.7 Å². The monoisotopic (exact) mass is 378 g/mol. The minimum atomic E-state index is -0.280. The molecule has 7 heteroatoms. The Kier molecular flexibility index (Phi) is 3.88. The van der Waals surface area contributed by atoms with Crippen LogP contribution in [-0.4, -0.2) is 20.3 Å². The lowest BCUT2D eigenvalue weighted by molar-refractivity contribution is 0.102. The largest absolute Gasteiger partial charge is 0.318 e. The highest BCUT2D eigenvalue weighted by Gasteiger charge is 2.19. The van der Waals surface area contributed by atoms with E-state index in [1.807, 2.05) is 19.2 Å². The number of carbonyl (C=O) groups excluding carboxylic acids is 1. The highest BCUT2D eigenvalue weighted by Crippen LogP contribution is 2.24. The second kappa shape index (κ2) is 5.70. The first-order valence-electron chi connectivity index (χ1n) is 6.54. The minimum Gasteiger partial charge on any atom is -0.318 e. The molecule has 0 fully saturated rings. The predicted octanol–water partition coefficient (Wildman–Crippen LogP) is 4.01. The number of aryl methyl sites for hydroxylation is 2. The quantitative estimate of drug-likeness (QED) is 0.684. The zero-order valence-corrected chi connectivity index (χ0v) is 14.2. The highest BCUT2D eigenvalue weighted by molar-refractivity contribution is 9.10. The molecule has 0 bridgehead atoms. The van der Waals surface area contributed by atoms with Gasteiger partial charge in [-0.2, -0.15) is 0 Å². The molecule has 22 heavy (non-hydrogen) atoms. The van der Waals surface area contributed by atoms with E-state index >= 15 is 0 Å². The second-order valence-electron chi connectivity index (χ2n) is 4.90. The molecule has 0 saturated carbocycles. The van der Waals surface area contributed by atoms with Gasteiger partial charge in [0.25, 0.3) is 5.91 Å². The van der Waals surface area contributed by atoms with Crippen LogP contribution in [0.1, 0.15) is 21.7 Å². The van der Waals surface area contributed by atoms with Crippen molar-refractivity contribution in [2.24, 2.45) is 0 Å². The van der Waals surface area contributed by atoms with Crippen LogP contribution in [0.3, 0.4) is 0 Å². The molecule has 3 aromatic rings. The van der Waals surface area contributed by atoms with E-state index in [9.17, 15) is 4.79 Å². The molecule has 112 valence electrons. The molecule has 0 aliphatic carbocycles. The van der Waals surface area contributed by atoms with Crippen LogP contribution < -0.4 is 5.32 Å². The van der Waals surface area contributed by atoms with Crippen molar-refractivity contribution in [1.29, 1.82) is 0 Å². The summed E-state index contributed by atoms with van der Waals surface area (Å²) in [6.07, 6.45) is 3.44. The number of pyridine rings is 2. The van der Waals surface area contributed by atoms with E-state index in [0.717, 1.165) is 10.0 Å². The zero-order valence-electron chi connectivity index (χ0n) is 11.9. The summed E-state index contributed by atoms with van der Waals surface area (Å²) in [5, 5.41) is 3.02. The van der Waals surface area contributed by atoms with Crippen LogP contribution in [0.4, 0.5) is 5.69 Å². The molecular formula is C15H12BrClN4O. The number of hydrogen-bond acceptors (Lipinski definition) is 3. The maximum atomic E-state index is 12.6. The maximum absolute atomic E-state index is 12.6. The molecule has 3 heterocycles. The predicted molar refractivity (Wildman–Crippen MR) is 89.6 cm³/mol. The zero-order chi connectivity index (χ0) is 15.9. The van der Waals surface area contributed by atoms with Crippen molar-refractivity contribution in [3.8, 4) is 0 Å². The number of rotatable bonds is 2. The van der Waals surface area contributed by atoms with Crippen molar-refractivity contribution < 1.29 is 4.79 Å². The van der Waals surface area contributed by atoms with E-state index in [2.05, 4.69) is 31.2 Å². The minimum absolute atomic E-state index is 0.250. The molecular weight excluding hydrogens is 368 g/mol. The molecule has 0 aliphatic heterocycles. The van der Waals surface area contributed by atoms with Gasteiger partial charge in [-0.1, -0.05) is 11.6 Å². The van der Waals surface area contributed by atoms with Crippen molar-refractivity contribution in [3.05, 3.63) is 57.2 Å². The SMILES string of the molecule is Cc1cc(Br)c2nc(C)c(C(=O)Nc3cccnc3Cl)n2c1. The summed E-state index contributed by atoms with van der Waals surface area (Å²) in [7, 11) is 0. The number of halogens is 2. The number of carbonyl (C=O) groups is 1. The van der Waals surface area contributed by atoms with Crippen LogP contribution in [0, 0.1) is 13.8 Å². The number of hydrogen-bond donors (Lipinski definition) is 1. The molecule has 5 nitrogen and oxygen atoms in total. The number of amides is 1. The van der Waals surface area contributed by atoms with Crippen molar-refractivity contribution in [2.45, 2.75) is 13.8 Å². The van der Waals surface area contributed by atoms with E-state index < -0.39 is 0 Å². The smallest absolute Gasteiger partial charge is 0.274 e. The third-order valence-corrected chi connectivity index (χ3v) is 4.09. The van der Waals surface area contributed by atoms with Gasteiger partial charge in [0.05, 0.1) is 15.9 Å². The Morgan fingerprint density at radius 3 is 2.91 bits per heavy atom. The Morgan fingerprint density at radius 2 is 2.18 bits per heavy atom. The molecule has 0 radical (unpaired) electrons. The van der Waals surface area contributed by atoms with Gasteiger partial charge in [-0.3, -0.25) is 9.20 Å². The molecule has 1 N–H and O–H groups in total. The number of anilines is 1. The molecule has 0 spiro atoms. The van der Waals surface area contributed by atoms with Crippen molar-refractivity contribution >= 4 is 44.8 Å². The van der Waals surface area contributed by atoms with Crippen LogP contribution in [0.2, 0.25) is 5.15 Å². The fourth-order valence-corrected chi connectivity index (χ4v) is 3.09. The number of nitrogens with one attached hydrogen (secondary N) is 1. The molecule has 0 aliphatic rings. The lowest BCUT2D eigenvalue weighted by Gasteiger charge is -2.08. The second-order valence-corrected chi connectivity index (χ2v) is 6.11. The molecule has 0 aromatic carbocycles. The van der Waals surface area contributed by atoms with E-state index in [1.54, 1.807) is 29.7 Å². The topological polar surface area (TPSA) is 59.3 Å². The first kappa shape index (κ1) is 15.0. The first-order valence-corrected chi connectivity index (χ1v) is 7.71. The van der Waals surface area contributed by atoms with Gasteiger partial charge in [0.15, 0.2) is 10.8 Å². The molecule has 0 unspecified atom stereocenters. The van der Waals surface area contributed by atoms with E-state index in [4.69, 9.17) is 11.6 Å². The molecule has 0 atom stereocenters. The normalized spacial score (nSPS) is 10.9. The number of aromatic nitrogens is 3. The van der Waals surface area contributed by atoms with Gasteiger partial charge < -0.3 is 5.32 Å². The molecule has 3 aromatic heterocycles. The van der Waals surface area contributed by atoms with Crippen LogP contribution in [0.15, 0.2) is 35.1 Å². The van der Waals surface area contributed by atoms with Crippen molar-refractivity contribution in [2.75, 3.05) is 5.32 Å². The molecule has 1 amide bonds. The van der Waals surface area contributed by atoms with Gasteiger partial charge in [0.1, 0.15) is 5.69 Å². The van der Waals surface area contributed by atoms with Crippen molar-refractivity contribution in [1.82, 2.24) is 14.4 Å². The van der Waals surface area contributed by atoms with Gasteiger partial charge >= 0.3 is 0 Å². The lowest BCUT2D eigenvalue weighted by atomic mass is 10.3. The van der Waals surface area contributed by atoms with Gasteiger partial charge in [-0.25, -0.2) is 9.97 Å². The van der Waals surface area contributed by atoms with Crippen LogP contribution in [-0.2, 0) is 0 Å². The fraction of sp³-hybridized carbons (Fsp3) is 0.133. The van der Waals surface area contributed by atoms with Gasteiger partial charge in [0.2, 0.25) is 0 Å². The molecule has 3 rings (SSSR count). The average Bonchev–Trinajstić information content (AvgIpc) is 2.78. The summed E-state index contributed by atoms with van der Waals surface area (Å²) in [4.78, 5) is 21.0. The van der Waals surface area contributed by atoms with Crippen LogP contribution >= 0.6 is 27.5 Å². The Balaban J connectivity index is 2.08. The first-order chi connectivity index (χ1) is 10.5. The van der Waals surface area contributed by atoms with Gasteiger partial charge in [-0.05, 0) is 53.5 Å². The Bertz CT molecular complexity index is 891. The lowest BCUT2D eigenvalue weighted by Crippen LogP contribution is -2.16. The number of fused-ring (bicyclic) bond motifs is 1. The Morgan fingerprint density at radius 1 is 1.41 bits per heavy atom. The highest BCUT2D eigenvalue weighted by atomic mass is 79.9. The Hall–Kier alpha value is -1.92. The fourth-order valence-electron chi connectivity index (χ4n) is 2.28. The van der Waals surface area contributed by atoms with Crippen molar-refractivity contribution in [3.63, 3.8) is 0 Å². The molecule has 0 saturated heterocycles. The number of nitrogens with zero attached hydrogens (tertiary/aromatic N) is 3. The third kappa shape index (κ3) is 2.60. The van der Waals surface area contributed by atoms with E-state index in [-0.39, 0.29) is 11.1 Å². The maximum Gasteiger partial charge on any atom is 0.274 e. The standard InChI is InChI=1S/C15H12BrClN4O/c1-8-6-10(16)14-19-9(2)12(21(14)7-8)15(22)20-11-4-3-5-18-13(11)17/h3-7H,1-2H3,(H,20,22). The number of imidazole rings is 1. The van der Waals surface area contributed by atoms with Crippen LogP contribution in [0.5, 0.6) is 0 Å². The Labute approximate surface area is 140 Å². The average molecular weight is 380 g/mol. The summed E-state index contributed by atoms with van der Waals surface area (Å²) in [6.45, 7) is 3.76. The summed E-state index contributed by atoms with van der Waals surface area (Å²) >= 11 is 9.46. The third-order valence-electron chi connectivity index (χ3n) is 3.21. The van der Waals surface area contributed by atoms with Gasteiger partial charge in [0, 0.05) is 12.4 Å². The van der Waals surface area contributed by atoms with Gasteiger partial charge in [-0.15, -0.1) is 0 Å². The van der Waals surface area contributed by atoms with E-state index in [1.165, 1.54) is 0 Å². The summed E-state index contributed by atoms with van der Waals surface area (Å²) < 4.78 is 2.61. The van der Waals surface area contributed by atoms with Crippen LogP contribution in [0.25, 0.3) is 5.65 Å². The summed E-state index contributed by atoms with van der Waals surface area (Å²) in [5.74, 6) is -0.280.